The molecular formula is C18H20N2O4. The molecule has 2 aromatic rings. The fourth-order valence-electron chi connectivity index (χ4n) is 2.83. The first-order valence-electron chi connectivity index (χ1n) is 7.84. The Morgan fingerprint density at radius 2 is 2.29 bits per heavy atom. The lowest BCUT2D eigenvalue weighted by atomic mass is 9.96. The molecule has 126 valence electrons. The number of para-hydroxylation sites is 1. The predicted octanol–water partition coefficient (Wildman–Crippen LogP) is 1.67. The molecule has 24 heavy (non-hydrogen) atoms. The van der Waals surface area contributed by atoms with Gasteiger partial charge in [0.25, 0.3) is 5.91 Å². The molecule has 1 aromatic heterocycles. The summed E-state index contributed by atoms with van der Waals surface area (Å²) in [6.45, 7) is 2.72. The first kappa shape index (κ1) is 16.1. The Labute approximate surface area is 139 Å². The zero-order chi connectivity index (χ0) is 17.1. The maximum absolute atomic E-state index is 12.2. The number of H-pyrrole nitrogens is 1. The fraction of sp³-hybridized carbons (Fsp3) is 0.333. The number of hydrogen-bond acceptors (Lipinski definition) is 4. The van der Waals surface area contributed by atoms with Crippen molar-refractivity contribution in [1.82, 2.24) is 10.3 Å². The van der Waals surface area contributed by atoms with Crippen LogP contribution >= 0.6 is 0 Å². The molecule has 3 rings (SSSR count). The Balaban J connectivity index is 1.63. The van der Waals surface area contributed by atoms with E-state index in [1.807, 2.05) is 18.2 Å². The number of aromatic nitrogens is 1. The smallest absolute Gasteiger partial charge is 0.256 e. The van der Waals surface area contributed by atoms with E-state index in [0.717, 1.165) is 29.2 Å². The largest absolute Gasteiger partial charge is 0.493 e. The monoisotopic (exact) mass is 328 g/mol. The quantitative estimate of drug-likeness (QED) is 0.895. The third-order valence-corrected chi connectivity index (χ3v) is 4.11. The molecule has 0 bridgehead atoms. The first-order valence-corrected chi connectivity index (χ1v) is 7.84. The second-order valence-corrected chi connectivity index (χ2v) is 5.93. The molecule has 6 nitrogen and oxygen atoms in total. The van der Waals surface area contributed by atoms with Crippen LogP contribution in [0.1, 0.15) is 21.6 Å². The van der Waals surface area contributed by atoms with E-state index in [0.29, 0.717) is 13.2 Å². The Morgan fingerprint density at radius 3 is 3.04 bits per heavy atom. The van der Waals surface area contributed by atoms with Crippen LogP contribution in [0.3, 0.4) is 0 Å². The van der Waals surface area contributed by atoms with Crippen LogP contribution in [0.25, 0.3) is 0 Å². The van der Waals surface area contributed by atoms with E-state index in [-0.39, 0.29) is 22.8 Å². The minimum atomic E-state index is -0.368. The summed E-state index contributed by atoms with van der Waals surface area (Å²) in [5.74, 6) is 1.28. The van der Waals surface area contributed by atoms with Crippen molar-refractivity contribution in [2.45, 2.75) is 13.3 Å². The third-order valence-electron chi connectivity index (χ3n) is 4.11. The number of carbonyl (C=O) groups is 1. The van der Waals surface area contributed by atoms with Gasteiger partial charge < -0.3 is 19.8 Å². The van der Waals surface area contributed by atoms with Gasteiger partial charge in [0.15, 0.2) is 16.9 Å². The molecule has 1 aliphatic rings. The molecule has 1 aromatic carbocycles. The molecule has 1 unspecified atom stereocenters. The number of methoxy groups -OCH3 is 1. The second-order valence-electron chi connectivity index (χ2n) is 5.93. The number of aromatic amines is 1. The minimum absolute atomic E-state index is 0.124. The second kappa shape index (κ2) is 6.78. The van der Waals surface area contributed by atoms with Gasteiger partial charge in [-0.3, -0.25) is 9.59 Å². The molecule has 2 heterocycles. The Kier molecular flexibility index (Phi) is 4.55. The summed E-state index contributed by atoms with van der Waals surface area (Å²) in [4.78, 5) is 26.9. The van der Waals surface area contributed by atoms with Crippen molar-refractivity contribution < 1.29 is 14.3 Å². The van der Waals surface area contributed by atoms with Crippen molar-refractivity contribution in [2.75, 3.05) is 20.3 Å². The number of benzene rings is 1. The van der Waals surface area contributed by atoms with E-state index in [2.05, 4.69) is 10.3 Å². The Hall–Kier alpha value is -2.76. The van der Waals surface area contributed by atoms with Crippen LogP contribution in [0.2, 0.25) is 0 Å². The summed E-state index contributed by atoms with van der Waals surface area (Å²) >= 11 is 0. The molecule has 6 heteroatoms. The normalized spacial score (nSPS) is 16.0. The lowest BCUT2D eigenvalue weighted by Crippen LogP contribution is -2.36. The highest BCUT2D eigenvalue weighted by atomic mass is 16.5. The fourth-order valence-corrected chi connectivity index (χ4v) is 2.83. The maximum atomic E-state index is 12.2. The summed E-state index contributed by atoms with van der Waals surface area (Å²) in [7, 11) is 1.62. The number of aryl methyl sites for hydroxylation is 1. The first-order chi connectivity index (χ1) is 11.6. The lowest BCUT2D eigenvalue weighted by molar-refractivity contribution is 0.0937. The SMILES string of the molecule is COc1cccc2c1OCC(CNC(=O)c1c[nH]c(C)cc1=O)C2. The average molecular weight is 328 g/mol. The standard InChI is InChI=1S/C18H20N2O4/c1-11-6-15(21)14(9-19-11)18(22)20-8-12-7-13-4-3-5-16(23-2)17(13)24-10-12/h3-6,9,12H,7-8,10H2,1-2H3,(H,19,21)(H,20,22). The van der Waals surface area contributed by atoms with E-state index >= 15 is 0 Å². The summed E-state index contributed by atoms with van der Waals surface area (Å²) in [6.07, 6.45) is 2.24. The highest BCUT2D eigenvalue weighted by Crippen LogP contribution is 2.35. The van der Waals surface area contributed by atoms with Crippen LogP contribution in [0.4, 0.5) is 0 Å². The number of nitrogens with one attached hydrogen (secondary N) is 2. The molecular weight excluding hydrogens is 308 g/mol. The van der Waals surface area contributed by atoms with Gasteiger partial charge in [0.1, 0.15) is 5.56 Å². The minimum Gasteiger partial charge on any atom is -0.493 e. The van der Waals surface area contributed by atoms with Gasteiger partial charge in [-0.1, -0.05) is 12.1 Å². The number of hydrogen-bond donors (Lipinski definition) is 2. The molecule has 1 atom stereocenters. The summed E-state index contributed by atoms with van der Waals surface area (Å²) in [5, 5.41) is 2.82. The summed E-state index contributed by atoms with van der Waals surface area (Å²) in [5.41, 5.74) is 1.63. The number of pyridine rings is 1. The van der Waals surface area contributed by atoms with Crippen LogP contribution in [0, 0.1) is 12.8 Å². The van der Waals surface area contributed by atoms with Crippen LogP contribution in [0.15, 0.2) is 35.3 Å². The van der Waals surface area contributed by atoms with Crippen molar-refractivity contribution in [2.24, 2.45) is 5.92 Å². The molecule has 0 fully saturated rings. The Bertz CT molecular complexity index is 813. The number of fused-ring (bicyclic) bond motifs is 1. The summed E-state index contributed by atoms with van der Waals surface area (Å²) < 4.78 is 11.1. The molecule has 0 spiro atoms. The Morgan fingerprint density at radius 1 is 1.46 bits per heavy atom. The zero-order valence-electron chi connectivity index (χ0n) is 13.7. The molecule has 0 radical (unpaired) electrons. The van der Waals surface area contributed by atoms with Gasteiger partial charge in [-0.05, 0) is 25.0 Å². The van der Waals surface area contributed by atoms with E-state index in [1.165, 1.54) is 12.3 Å². The van der Waals surface area contributed by atoms with Crippen LogP contribution in [-0.2, 0) is 6.42 Å². The van der Waals surface area contributed by atoms with E-state index < -0.39 is 0 Å². The van der Waals surface area contributed by atoms with Gasteiger partial charge in [-0.25, -0.2) is 0 Å². The summed E-state index contributed by atoms with van der Waals surface area (Å²) in [6, 6.07) is 7.20. The van der Waals surface area contributed by atoms with E-state index in [4.69, 9.17) is 9.47 Å². The molecule has 1 aliphatic heterocycles. The van der Waals surface area contributed by atoms with Crippen molar-refractivity contribution >= 4 is 5.91 Å². The van der Waals surface area contributed by atoms with Gasteiger partial charge >= 0.3 is 0 Å². The molecule has 0 saturated heterocycles. The highest BCUT2D eigenvalue weighted by molar-refractivity contribution is 5.93. The highest BCUT2D eigenvalue weighted by Gasteiger charge is 2.23. The van der Waals surface area contributed by atoms with Crippen molar-refractivity contribution in [3.05, 3.63) is 57.5 Å². The van der Waals surface area contributed by atoms with Crippen LogP contribution in [-0.4, -0.2) is 31.2 Å². The molecule has 0 aliphatic carbocycles. The van der Waals surface area contributed by atoms with Gasteiger partial charge in [0.2, 0.25) is 0 Å². The van der Waals surface area contributed by atoms with Gasteiger partial charge in [-0.2, -0.15) is 0 Å². The maximum Gasteiger partial charge on any atom is 0.256 e. The number of ether oxygens (including phenoxy) is 2. The molecule has 2 N–H and O–H groups in total. The van der Waals surface area contributed by atoms with Crippen molar-refractivity contribution in [3.63, 3.8) is 0 Å². The number of amides is 1. The molecule has 0 saturated carbocycles. The lowest BCUT2D eigenvalue weighted by Gasteiger charge is -2.26. The topological polar surface area (TPSA) is 80.4 Å². The van der Waals surface area contributed by atoms with Crippen molar-refractivity contribution in [3.8, 4) is 11.5 Å². The van der Waals surface area contributed by atoms with Gasteiger partial charge in [0.05, 0.1) is 13.7 Å². The molecule has 1 amide bonds. The van der Waals surface area contributed by atoms with E-state index in [1.54, 1.807) is 14.0 Å². The van der Waals surface area contributed by atoms with Crippen LogP contribution in [0.5, 0.6) is 11.5 Å². The zero-order valence-corrected chi connectivity index (χ0v) is 13.7. The average Bonchev–Trinajstić information content (AvgIpc) is 2.58. The van der Waals surface area contributed by atoms with Crippen LogP contribution < -0.4 is 20.2 Å². The van der Waals surface area contributed by atoms with Gasteiger partial charge in [0, 0.05) is 30.4 Å². The van der Waals surface area contributed by atoms with Crippen molar-refractivity contribution in [1.29, 1.82) is 0 Å². The number of carbonyl (C=O) groups excluding carboxylic acids is 1. The predicted molar refractivity (Wildman–Crippen MR) is 89.8 cm³/mol. The van der Waals surface area contributed by atoms with E-state index in [9.17, 15) is 9.59 Å². The third kappa shape index (κ3) is 3.27. The number of rotatable bonds is 4. The van der Waals surface area contributed by atoms with Gasteiger partial charge in [-0.15, -0.1) is 0 Å².